The summed E-state index contributed by atoms with van der Waals surface area (Å²) in [4.78, 5) is 24.5. The molecule has 1 heterocycles. The topological polar surface area (TPSA) is 55.4 Å². The van der Waals surface area contributed by atoms with E-state index in [4.69, 9.17) is 27.9 Å². The first kappa shape index (κ1) is 16.6. The van der Waals surface area contributed by atoms with E-state index >= 15 is 0 Å². The van der Waals surface area contributed by atoms with Crippen molar-refractivity contribution in [2.45, 2.75) is 6.42 Å². The van der Waals surface area contributed by atoms with Crippen molar-refractivity contribution in [2.75, 3.05) is 12.4 Å². The van der Waals surface area contributed by atoms with Crippen molar-refractivity contribution < 1.29 is 14.3 Å². The lowest BCUT2D eigenvalue weighted by molar-refractivity contribution is -0.113. The quantitative estimate of drug-likeness (QED) is 0.654. The molecule has 0 aromatic heterocycles. The fourth-order valence-corrected chi connectivity index (χ4v) is 2.80. The second kappa shape index (κ2) is 6.67. The molecule has 0 aliphatic carbocycles. The van der Waals surface area contributed by atoms with E-state index in [1.807, 2.05) is 0 Å². The van der Waals surface area contributed by atoms with Crippen molar-refractivity contribution in [1.29, 1.82) is 0 Å². The molecule has 0 atom stereocenters. The lowest BCUT2D eigenvalue weighted by Gasteiger charge is -2.20. The summed E-state index contributed by atoms with van der Waals surface area (Å²) in [5, 5.41) is 3.51. The first-order valence-corrected chi connectivity index (χ1v) is 7.92. The minimum atomic E-state index is -0.317. The maximum absolute atomic E-state index is 12.3. The first-order valence-electron chi connectivity index (χ1n) is 7.16. The standard InChI is InChI=1S/C18H13Cl2NO3/c1-24-13-4-2-10(3-5-13)17(22)8-12-6-11-7-14(19)15(20)9-16(11)21-18(12)23/h2-5,7-9H,6H2,1H3,(H,21,23)/b12-8+. The zero-order valence-corrected chi connectivity index (χ0v) is 14.2. The second-order valence-corrected chi connectivity index (χ2v) is 6.13. The van der Waals surface area contributed by atoms with Crippen LogP contribution < -0.4 is 10.1 Å². The van der Waals surface area contributed by atoms with Crippen LogP contribution in [0.2, 0.25) is 10.0 Å². The molecule has 0 spiro atoms. The number of rotatable bonds is 3. The van der Waals surface area contributed by atoms with Gasteiger partial charge in [-0.3, -0.25) is 9.59 Å². The van der Waals surface area contributed by atoms with Gasteiger partial charge in [0.15, 0.2) is 5.78 Å². The van der Waals surface area contributed by atoms with Crippen LogP contribution in [0.15, 0.2) is 48.0 Å². The first-order chi connectivity index (χ1) is 11.5. The summed E-state index contributed by atoms with van der Waals surface area (Å²) < 4.78 is 5.06. The molecule has 0 unspecified atom stereocenters. The Hall–Kier alpha value is -2.30. The molecule has 1 amide bonds. The van der Waals surface area contributed by atoms with Gasteiger partial charge in [0.05, 0.1) is 17.2 Å². The predicted molar refractivity (Wildman–Crippen MR) is 94.2 cm³/mol. The third-order valence-corrected chi connectivity index (χ3v) is 4.47. The fraction of sp³-hybridized carbons (Fsp3) is 0.111. The average molecular weight is 362 g/mol. The Bertz CT molecular complexity index is 857. The highest BCUT2D eigenvalue weighted by Gasteiger charge is 2.22. The van der Waals surface area contributed by atoms with Crippen LogP contribution in [-0.4, -0.2) is 18.8 Å². The highest BCUT2D eigenvalue weighted by Crippen LogP contribution is 2.33. The lowest BCUT2D eigenvalue weighted by atomic mass is 9.96. The van der Waals surface area contributed by atoms with E-state index in [1.165, 1.54) is 6.08 Å². The number of nitrogens with one attached hydrogen (secondary N) is 1. The summed E-state index contributed by atoms with van der Waals surface area (Å²) in [6.45, 7) is 0. The van der Waals surface area contributed by atoms with Crippen LogP contribution in [0.1, 0.15) is 15.9 Å². The van der Waals surface area contributed by atoms with Gasteiger partial charge in [-0.2, -0.15) is 0 Å². The number of allylic oxidation sites excluding steroid dienone is 1. The number of benzene rings is 2. The number of amides is 1. The zero-order chi connectivity index (χ0) is 17.3. The Kier molecular flexibility index (Phi) is 4.60. The van der Waals surface area contributed by atoms with Crippen LogP contribution in [-0.2, 0) is 11.2 Å². The van der Waals surface area contributed by atoms with Crippen LogP contribution in [0.5, 0.6) is 5.75 Å². The monoisotopic (exact) mass is 361 g/mol. The van der Waals surface area contributed by atoms with Crippen molar-refractivity contribution in [2.24, 2.45) is 0 Å². The fourth-order valence-electron chi connectivity index (χ4n) is 2.45. The van der Waals surface area contributed by atoms with Gasteiger partial charge in [-0.1, -0.05) is 23.2 Å². The Morgan fingerprint density at radius 1 is 1.17 bits per heavy atom. The van der Waals surface area contributed by atoms with Gasteiger partial charge in [0.25, 0.3) is 5.91 Å². The summed E-state index contributed by atoms with van der Waals surface area (Å²) in [5.74, 6) is 0.101. The van der Waals surface area contributed by atoms with E-state index < -0.39 is 0 Å². The normalized spacial score (nSPS) is 15.0. The number of hydrogen-bond donors (Lipinski definition) is 1. The molecule has 122 valence electrons. The number of halogens is 2. The summed E-state index contributed by atoms with van der Waals surface area (Å²) in [6.07, 6.45) is 1.67. The largest absolute Gasteiger partial charge is 0.497 e. The molecule has 0 fully saturated rings. The Labute approximate surface area is 149 Å². The lowest BCUT2D eigenvalue weighted by Crippen LogP contribution is -2.23. The number of carbonyl (C=O) groups excluding carboxylic acids is 2. The van der Waals surface area contributed by atoms with Crippen molar-refractivity contribution in [3.05, 3.63) is 69.2 Å². The van der Waals surface area contributed by atoms with Crippen molar-refractivity contribution >= 4 is 40.6 Å². The van der Waals surface area contributed by atoms with Crippen molar-refractivity contribution in [3.63, 3.8) is 0 Å². The Morgan fingerprint density at radius 3 is 2.50 bits per heavy atom. The van der Waals surface area contributed by atoms with Crippen molar-refractivity contribution in [3.8, 4) is 5.75 Å². The van der Waals surface area contributed by atoms with E-state index in [0.717, 1.165) is 5.56 Å². The molecule has 1 N–H and O–H groups in total. The SMILES string of the molecule is COc1ccc(C(=O)/C=C2\Cc3cc(Cl)c(Cl)cc3NC2=O)cc1. The number of fused-ring (bicyclic) bond motifs is 1. The van der Waals surface area contributed by atoms with Crippen LogP contribution in [0.3, 0.4) is 0 Å². The molecule has 0 saturated carbocycles. The average Bonchev–Trinajstić information content (AvgIpc) is 2.57. The van der Waals surface area contributed by atoms with Crippen LogP contribution in [0.4, 0.5) is 5.69 Å². The predicted octanol–water partition coefficient (Wildman–Crippen LogP) is 4.31. The third kappa shape index (κ3) is 3.30. The highest BCUT2D eigenvalue weighted by molar-refractivity contribution is 6.42. The maximum atomic E-state index is 12.3. The van der Waals surface area contributed by atoms with Gasteiger partial charge in [0, 0.05) is 23.2 Å². The molecule has 1 aliphatic rings. The number of ether oxygens (including phenoxy) is 1. The van der Waals surface area contributed by atoms with Crippen LogP contribution in [0, 0.1) is 0 Å². The minimum Gasteiger partial charge on any atom is -0.497 e. The van der Waals surface area contributed by atoms with E-state index in [9.17, 15) is 9.59 Å². The second-order valence-electron chi connectivity index (χ2n) is 5.32. The summed E-state index contributed by atoms with van der Waals surface area (Å²) >= 11 is 12.0. The summed E-state index contributed by atoms with van der Waals surface area (Å²) in [5.41, 5.74) is 2.29. The number of carbonyl (C=O) groups is 2. The van der Waals surface area contributed by atoms with Gasteiger partial charge < -0.3 is 10.1 Å². The molecule has 0 bridgehead atoms. The van der Waals surface area contributed by atoms with E-state index in [1.54, 1.807) is 43.5 Å². The Morgan fingerprint density at radius 2 is 1.83 bits per heavy atom. The number of methoxy groups -OCH3 is 1. The minimum absolute atomic E-state index is 0.244. The molecular formula is C18H13Cl2NO3. The van der Waals surface area contributed by atoms with E-state index in [0.29, 0.717) is 39.0 Å². The molecule has 2 aromatic rings. The summed E-state index contributed by atoms with van der Waals surface area (Å²) in [7, 11) is 1.56. The van der Waals surface area contributed by atoms with Gasteiger partial charge in [-0.25, -0.2) is 0 Å². The smallest absolute Gasteiger partial charge is 0.252 e. The molecule has 24 heavy (non-hydrogen) atoms. The van der Waals surface area contributed by atoms with Gasteiger partial charge in [0.2, 0.25) is 0 Å². The molecule has 0 saturated heterocycles. The number of ketones is 1. The molecule has 3 rings (SSSR count). The molecule has 0 radical (unpaired) electrons. The van der Waals surface area contributed by atoms with Crippen LogP contribution >= 0.6 is 23.2 Å². The molecule has 6 heteroatoms. The zero-order valence-electron chi connectivity index (χ0n) is 12.7. The van der Waals surface area contributed by atoms with Gasteiger partial charge in [-0.15, -0.1) is 0 Å². The van der Waals surface area contributed by atoms with E-state index in [-0.39, 0.29) is 11.7 Å². The third-order valence-electron chi connectivity index (χ3n) is 3.75. The van der Waals surface area contributed by atoms with Gasteiger partial charge in [-0.05, 0) is 48.0 Å². The summed E-state index contributed by atoms with van der Waals surface area (Å²) in [6, 6.07) is 10.0. The van der Waals surface area contributed by atoms with E-state index in [2.05, 4.69) is 5.32 Å². The van der Waals surface area contributed by atoms with Crippen LogP contribution in [0.25, 0.3) is 0 Å². The number of hydrogen-bond acceptors (Lipinski definition) is 3. The molecule has 2 aromatic carbocycles. The van der Waals surface area contributed by atoms with Gasteiger partial charge in [0.1, 0.15) is 5.75 Å². The molecule has 1 aliphatic heterocycles. The van der Waals surface area contributed by atoms with Gasteiger partial charge >= 0.3 is 0 Å². The maximum Gasteiger partial charge on any atom is 0.252 e. The molecule has 4 nitrogen and oxygen atoms in total. The highest BCUT2D eigenvalue weighted by atomic mass is 35.5. The Balaban J connectivity index is 1.88. The molecular weight excluding hydrogens is 349 g/mol. The van der Waals surface area contributed by atoms with Crippen molar-refractivity contribution in [1.82, 2.24) is 0 Å². The number of anilines is 1.